The van der Waals surface area contributed by atoms with Crippen LogP contribution in [0.3, 0.4) is 0 Å². The van der Waals surface area contributed by atoms with Gasteiger partial charge in [-0.05, 0) is 69.0 Å². The summed E-state index contributed by atoms with van der Waals surface area (Å²) in [6.07, 6.45) is 5.53. The predicted molar refractivity (Wildman–Crippen MR) is 138 cm³/mol. The summed E-state index contributed by atoms with van der Waals surface area (Å²) < 4.78 is 26.6. The molecule has 0 spiro atoms. The summed E-state index contributed by atoms with van der Waals surface area (Å²) in [5.41, 5.74) is 5.73. The van der Waals surface area contributed by atoms with Crippen LogP contribution >= 0.6 is 0 Å². The molecule has 7 heteroatoms. The highest BCUT2D eigenvalue weighted by Crippen LogP contribution is 2.41. The summed E-state index contributed by atoms with van der Waals surface area (Å²) in [5, 5.41) is 10.8. The molecular formula is C27H29N2O4S-. The van der Waals surface area contributed by atoms with Crippen molar-refractivity contribution in [1.82, 2.24) is 0 Å². The summed E-state index contributed by atoms with van der Waals surface area (Å²) in [5.74, 6) is 1.71. The van der Waals surface area contributed by atoms with Crippen LogP contribution in [0.15, 0.2) is 42.5 Å². The van der Waals surface area contributed by atoms with E-state index in [4.69, 9.17) is 6.42 Å². The van der Waals surface area contributed by atoms with Gasteiger partial charge in [-0.2, -0.15) is 0 Å². The van der Waals surface area contributed by atoms with Crippen molar-refractivity contribution in [1.29, 1.82) is 0 Å². The largest absolute Gasteiger partial charge is 0.755 e. The van der Waals surface area contributed by atoms with E-state index in [1.807, 2.05) is 69.9 Å². The number of aliphatic carboxylic acids is 1. The van der Waals surface area contributed by atoms with E-state index in [0.29, 0.717) is 11.4 Å². The van der Waals surface area contributed by atoms with Crippen molar-refractivity contribution in [2.24, 2.45) is 0 Å². The Hall–Kier alpha value is -3.34. The molecule has 3 rings (SSSR count). The fourth-order valence-electron chi connectivity index (χ4n) is 4.41. The monoisotopic (exact) mass is 477 g/mol. The van der Waals surface area contributed by atoms with Crippen LogP contribution in [0.5, 0.6) is 0 Å². The van der Waals surface area contributed by atoms with Crippen molar-refractivity contribution >= 4 is 45.1 Å². The average molecular weight is 478 g/mol. The maximum Gasteiger partial charge on any atom is 0.305 e. The van der Waals surface area contributed by atoms with Gasteiger partial charge in [0.05, 0.1) is 35.6 Å². The number of carboxylic acids is 1. The molecule has 0 saturated heterocycles. The highest BCUT2D eigenvalue weighted by Gasteiger charge is 2.23. The number of carboxylic acid groups (broad SMARTS) is 1. The number of terminal acetylenes is 1. The first-order chi connectivity index (χ1) is 16.1. The predicted octanol–water partition coefficient (Wildman–Crippen LogP) is 5.31. The lowest BCUT2D eigenvalue weighted by Gasteiger charge is -2.34. The second-order valence-electron chi connectivity index (χ2n) is 8.55. The summed E-state index contributed by atoms with van der Waals surface area (Å²) in [7, 11) is 0. The van der Waals surface area contributed by atoms with Crippen LogP contribution in [0.4, 0.5) is 17.1 Å². The second kappa shape index (κ2) is 10.3. The number of carbonyl (C=O) groups is 1. The van der Waals surface area contributed by atoms with Gasteiger partial charge < -0.3 is 14.6 Å². The summed E-state index contributed by atoms with van der Waals surface area (Å²) >= 11 is -2.58. The zero-order valence-corrected chi connectivity index (χ0v) is 20.9. The average Bonchev–Trinajstić information content (AvgIpc) is 2.78. The first-order valence-corrected chi connectivity index (χ1v) is 12.0. The molecule has 0 radical (unpaired) electrons. The lowest BCUT2D eigenvalue weighted by atomic mass is 9.97. The number of fused-ring (bicyclic) bond motifs is 1. The molecule has 0 aliphatic carbocycles. The third-order valence-corrected chi connectivity index (χ3v) is 7.03. The maximum atomic E-state index is 12.6. The van der Waals surface area contributed by atoms with Gasteiger partial charge in [-0.15, -0.1) is 6.42 Å². The van der Waals surface area contributed by atoms with Gasteiger partial charge in [-0.1, -0.05) is 36.3 Å². The molecule has 0 saturated carbocycles. The van der Waals surface area contributed by atoms with E-state index in [0.717, 1.165) is 38.7 Å². The number of nitrogens with zero attached hydrogens (tertiary/aromatic N) is 2. The van der Waals surface area contributed by atoms with E-state index < -0.39 is 17.2 Å². The van der Waals surface area contributed by atoms with Crippen LogP contribution in [0.1, 0.15) is 35.6 Å². The third-order valence-electron chi connectivity index (χ3n) is 6.35. The molecule has 1 unspecified atom stereocenters. The molecule has 0 heterocycles. The lowest BCUT2D eigenvalue weighted by Crippen LogP contribution is -2.35. The van der Waals surface area contributed by atoms with Gasteiger partial charge in [-0.3, -0.25) is 13.3 Å². The minimum Gasteiger partial charge on any atom is -0.755 e. The van der Waals surface area contributed by atoms with Crippen molar-refractivity contribution in [3.8, 4) is 12.3 Å². The van der Waals surface area contributed by atoms with Gasteiger partial charge in [0.15, 0.2) is 0 Å². The first kappa shape index (κ1) is 25.3. The Balaban J connectivity index is 2.29. The molecule has 1 N–H and O–H groups in total. The molecule has 178 valence electrons. The summed E-state index contributed by atoms with van der Waals surface area (Å²) in [6, 6.07) is 12.8. The van der Waals surface area contributed by atoms with E-state index in [-0.39, 0.29) is 19.0 Å². The van der Waals surface area contributed by atoms with Crippen LogP contribution in [0.2, 0.25) is 0 Å². The van der Waals surface area contributed by atoms with Gasteiger partial charge >= 0.3 is 5.97 Å². The molecule has 6 nitrogen and oxygen atoms in total. The van der Waals surface area contributed by atoms with Crippen LogP contribution in [0.25, 0.3) is 10.8 Å². The van der Waals surface area contributed by atoms with Crippen LogP contribution in [0, 0.1) is 40.0 Å². The molecule has 34 heavy (non-hydrogen) atoms. The molecule has 0 bridgehead atoms. The van der Waals surface area contributed by atoms with E-state index in [1.54, 1.807) is 6.07 Å². The maximum absolute atomic E-state index is 12.6. The van der Waals surface area contributed by atoms with Crippen molar-refractivity contribution < 1.29 is 18.7 Å². The Morgan fingerprint density at radius 3 is 2.09 bits per heavy atom. The number of anilines is 3. The highest BCUT2D eigenvalue weighted by molar-refractivity contribution is 7.81. The fourth-order valence-corrected chi connectivity index (χ4v) is 5.15. The van der Waals surface area contributed by atoms with Crippen LogP contribution in [-0.2, 0) is 16.1 Å². The topological polar surface area (TPSA) is 83.9 Å². The normalized spacial score (nSPS) is 12.7. The smallest absolute Gasteiger partial charge is 0.305 e. The van der Waals surface area contributed by atoms with Crippen LogP contribution in [-0.4, -0.2) is 32.4 Å². The zero-order valence-electron chi connectivity index (χ0n) is 20.1. The Morgan fingerprint density at radius 2 is 1.59 bits per heavy atom. The minimum absolute atomic E-state index is 0.0740. The molecule has 2 atom stereocenters. The van der Waals surface area contributed by atoms with E-state index in [2.05, 4.69) is 12.0 Å². The lowest BCUT2D eigenvalue weighted by molar-refractivity contribution is -0.137. The van der Waals surface area contributed by atoms with E-state index in [1.165, 1.54) is 4.31 Å². The number of benzene rings is 3. The van der Waals surface area contributed by atoms with Crippen molar-refractivity contribution in [3.05, 3.63) is 64.7 Å². The Bertz CT molecular complexity index is 1290. The van der Waals surface area contributed by atoms with Gasteiger partial charge in [-0.25, -0.2) is 0 Å². The standard InChI is InChI=1S/C27H30N2O4S/c1-7-14-28(19(4)16-26(30)31)24-12-13-25(23-11-9-8-10-22(23)24)29(34(32)33)27-20(5)17(2)15-18(3)21(27)6/h1,8-13,15,19H,14,16H2,2-6H3,(H,30,31)(H,32,33)/p-1/t19-/m0/s1. The minimum atomic E-state index is -2.58. The van der Waals surface area contributed by atoms with Gasteiger partial charge in [0, 0.05) is 22.5 Å². The second-order valence-corrected chi connectivity index (χ2v) is 9.35. The molecule has 3 aromatic carbocycles. The SMILES string of the molecule is C#CCN(c1ccc(N(c2c(C)c(C)cc(C)c2C)S(=O)[O-])c2ccccc12)[C@@H](C)CC(=O)O. The number of hydrogen-bond donors (Lipinski definition) is 1. The summed E-state index contributed by atoms with van der Waals surface area (Å²) in [6.45, 7) is 9.84. The Labute approximate surface area is 203 Å². The van der Waals surface area contributed by atoms with Gasteiger partial charge in [0.2, 0.25) is 0 Å². The van der Waals surface area contributed by atoms with Gasteiger partial charge in [0.25, 0.3) is 0 Å². The highest BCUT2D eigenvalue weighted by atomic mass is 32.2. The van der Waals surface area contributed by atoms with Crippen LogP contribution < -0.4 is 9.21 Å². The van der Waals surface area contributed by atoms with Gasteiger partial charge in [0.1, 0.15) is 0 Å². The third kappa shape index (κ3) is 4.79. The van der Waals surface area contributed by atoms with Crippen molar-refractivity contribution in [2.45, 2.75) is 47.1 Å². The Kier molecular flexibility index (Phi) is 7.65. The molecule has 0 aliphatic heterocycles. The molecular weight excluding hydrogens is 448 g/mol. The molecule has 0 aromatic heterocycles. The number of rotatable bonds is 8. The molecule has 0 fully saturated rings. The van der Waals surface area contributed by atoms with E-state index in [9.17, 15) is 18.7 Å². The van der Waals surface area contributed by atoms with Crippen molar-refractivity contribution in [2.75, 3.05) is 15.7 Å². The van der Waals surface area contributed by atoms with E-state index >= 15 is 0 Å². The fraction of sp³-hybridized carbons (Fsp3) is 0.296. The number of hydrogen-bond acceptors (Lipinski definition) is 4. The first-order valence-electron chi connectivity index (χ1n) is 11.0. The van der Waals surface area contributed by atoms with Crippen molar-refractivity contribution in [3.63, 3.8) is 0 Å². The Morgan fingerprint density at radius 1 is 1.06 bits per heavy atom. The quantitative estimate of drug-likeness (QED) is 0.351. The molecule has 0 amide bonds. The molecule has 3 aromatic rings. The summed E-state index contributed by atoms with van der Waals surface area (Å²) in [4.78, 5) is 13.2. The zero-order chi connectivity index (χ0) is 25.2. The number of aryl methyl sites for hydroxylation is 2. The molecule has 0 aliphatic rings.